The number of benzene rings is 1. The SMILES string of the molecule is CCCCN(C)S(=O)(=O)Nc1cccc(CC(=O)O)c1. The van der Waals surface area contributed by atoms with Crippen molar-refractivity contribution in [1.82, 2.24) is 4.31 Å². The molecule has 0 unspecified atom stereocenters. The van der Waals surface area contributed by atoms with Gasteiger partial charge in [0.15, 0.2) is 0 Å². The van der Waals surface area contributed by atoms with E-state index in [1.165, 1.54) is 17.4 Å². The second kappa shape index (κ2) is 7.25. The van der Waals surface area contributed by atoms with Gasteiger partial charge in [0.2, 0.25) is 0 Å². The first-order valence-corrected chi connectivity index (χ1v) is 7.84. The van der Waals surface area contributed by atoms with Crippen LogP contribution in [0.25, 0.3) is 0 Å². The summed E-state index contributed by atoms with van der Waals surface area (Å²) >= 11 is 0. The number of unbranched alkanes of at least 4 members (excludes halogenated alkanes) is 1. The molecular formula is C13H20N2O4S. The number of anilines is 1. The van der Waals surface area contributed by atoms with Gasteiger partial charge in [0.1, 0.15) is 0 Å². The minimum absolute atomic E-state index is 0.138. The average Bonchev–Trinajstić information content (AvgIpc) is 2.34. The van der Waals surface area contributed by atoms with E-state index >= 15 is 0 Å². The zero-order valence-electron chi connectivity index (χ0n) is 11.7. The molecule has 20 heavy (non-hydrogen) atoms. The molecule has 0 bridgehead atoms. The van der Waals surface area contributed by atoms with Crippen molar-refractivity contribution >= 4 is 21.9 Å². The lowest BCUT2D eigenvalue weighted by Crippen LogP contribution is -2.33. The van der Waals surface area contributed by atoms with Crippen LogP contribution in [-0.4, -0.2) is 37.4 Å². The summed E-state index contributed by atoms with van der Waals surface area (Å²) in [7, 11) is -2.08. The van der Waals surface area contributed by atoms with Crippen LogP contribution in [0.1, 0.15) is 25.3 Å². The summed E-state index contributed by atoms with van der Waals surface area (Å²) in [5.41, 5.74) is 0.918. The molecule has 0 heterocycles. The molecular weight excluding hydrogens is 280 g/mol. The number of carboxylic acids is 1. The largest absolute Gasteiger partial charge is 0.481 e. The van der Waals surface area contributed by atoms with Crippen LogP contribution in [0.2, 0.25) is 0 Å². The van der Waals surface area contributed by atoms with E-state index in [9.17, 15) is 13.2 Å². The van der Waals surface area contributed by atoms with Gasteiger partial charge in [-0.25, -0.2) is 0 Å². The summed E-state index contributed by atoms with van der Waals surface area (Å²) in [6.45, 7) is 2.43. The van der Waals surface area contributed by atoms with E-state index in [4.69, 9.17) is 5.11 Å². The second-order valence-electron chi connectivity index (χ2n) is 4.55. The lowest BCUT2D eigenvalue weighted by Gasteiger charge is -2.18. The van der Waals surface area contributed by atoms with Crippen LogP contribution < -0.4 is 4.72 Å². The van der Waals surface area contributed by atoms with Gasteiger partial charge in [-0.3, -0.25) is 9.52 Å². The number of carboxylic acid groups (broad SMARTS) is 1. The lowest BCUT2D eigenvalue weighted by atomic mass is 10.1. The fourth-order valence-corrected chi connectivity index (χ4v) is 2.60. The highest BCUT2D eigenvalue weighted by molar-refractivity contribution is 7.90. The molecule has 6 nitrogen and oxygen atoms in total. The quantitative estimate of drug-likeness (QED) is 0.765. The van der Waals surface area contributed by atoms with Crippen molar-refractivity contribution in [1.29, 1.82) is 0 Å². The van der Waals surface area contributed by atoms with Crippen molar-refractivity contribution in [2.75, 3.05) is 18.3 Å². The van der Waals surface area contributed by atoms with Gasteiger partial charge in [-0.2, -0.15) is 12.7 Å². The molecule has 0 spiro atoms. The van der Waals surface area contributed by atoms with Gasteiger partial charge in [-0.05, 0) is 24.1 Å². The maximum absolute atomic E-state index is 12.0. The van der Waals surface area contributed by atoms with E-state index in [2.05, 4.69) is 4.72 Å². The molecule has 0 aromatic heterocycles. The minimum Gasteiger partial charge on any atom is -0.481 e. The molecule has 0 aliphatic rings. The van der Waals surface area contributed by atoms with Gasteiger partial charge >= 0.3 is 16.2 Å². The van der Waals surface area contributed by atoms with Crippen molar-refractivity contribution < 1.29 is 18.3 Å². The van der Waals surface area contributed by atoms with Crippen LogP contribution in [0.15, 0.2) is 24.3 Å². The lowest BCUT2D eigenvalue weighted by molar-refractivity contribution is -0.136. The summed E-state index contributed by atoms with van der Waals surface area (Å²) in [6.07, 6.45) is 1.56. The zero-order valence-corrected chi connectivity index (χ0v) is 12.5. The van der Waals surface area contributed by atoms with Crippen molar-refractivity contribution in [2.45, 2.75) is 26.2 Å². The molecule has 0 aliphatic heterocycles. The van der Waals surface area contributed by atoms with Crippen molar-refractivity contribution in [3.8, 4) is 0 Å². The summed E-state index contributed by atoms with van der Waals surface area (Å²) < 4.78 is 27.8. The number of carbonyl (C=O) groups is 1. The molecule has 1 aromatic rings. The van der Waals surface area contributed by atoms with E-state index in [0.717, 1.165) is 12.8 Å². The highest BCUT2D eigenvalue weighted by atomic mass is 32.2. The average molecular weight is 300 g/mol. The van der Waals surface area contributed by atoms with Crippen molar-refractivity contribution in [2.24, 2.45) is 0 Å². The summed E-state index contributed by atoms with van der Waals surface area (Å²) in [5.74, 6) is -0.954. The molecule has 7 heteroatoms. The normalized spacial score (nSPS) is 11.6. The number of hydrogen-bond acceptors (Lipinski definition) is 3. The number of nitrogens with one attached hydrogen (secondary N) is 1. The maximum atomic E-state index is 12.0. The van der Waals surface area contributed by atoms with Gasteiger partial charge < -0.3 is 5.11 Å². The molecule has 112 valence electrons. The number of nitrogens with zero attached hydrogens (tertiary/aromatic N) is 1. The molecule has 0 aliphatic carbocycles. The minimum atomic E-state index is -3.59. The second-order valence-corrected chi connectivity index (χ2v) is 6.33. The summed E-state index contributed by atoms with van der Waals surface area (Å²) in [5, 5.41) is 8.73. The molecule has 0 saturated heterocycles. The first-order valence-electron chi connectivity index (χ1n) is 6.40. The Labute approximate surface area is 119 Å². The topological polar surface area (TPSA) is 86.7 Å². The Bertz CT molecular complexity index is 557. The summed E-state index contributed by atoms with van der Waals surface area (Å²) in [4.78, 5) is 10.6. The fourth-order valence-electron chi connectivity index (χ4n) is 1.65. The zero-order chi connectivity index (χ0) is 15.2. The van der Waals surface area contributed by atoms with E-state index in [1.54, 1.807) is 18.2 Å². The van der Waals surface area contributed by atoms with Crippen molar-refractivity contribution in [3.63, 3.8) is 0 Å². The molecule has 0 atom stereocenters. The first kappa shape index (κ1) is 16.5. The smallest absolute Gasteiger partial charge is 0.307 e. The van der Waals surface area contributed by atoms with E-state index < -0.39 is 16.2 Å². The van der Waals surface area contributed by atoms with Crippen LogP contribution in [-0.2, 0) is 21.4 Å². The van der Waals surface area contributed by atoms with Gasteiger partial charge in [0.05, 0.1) is 12.1 Å². The van der Waals surface area contributed by atoms with E-state index in [1.807, 2.05) is 6.92 Å². The summed E-state index contributed by atoms with van der Waals surface area (Å²) in [6, 6.07) is 6.39. The van der Waals surface area contributed by atoms with Crippen LogP contribution in [0.4, 0.5) is 5.69 Å². The number of aliphatic carboxylic acids is 1. The van der Waals surface area contributed by atoms with Crippen molar-refractivity contribution in [3.05, 3.63) is 29.8 Å². The van der Waals surface area contributed by atoms with Crippen LogP contribution in [0.3, 0.4) is 0 Å². The highest BCUT2D eigenvalue weighted by Crippen LogP contribution is 2.14. The number of hydrogen-bond donors (Lipinski definition) is 2. The predicted molar refractivity (Wildman–Crippen MR) is 77.9 cm³/mol. The molecule has 2 N–H and O–H groups in total. The standard InChI is InChI=1S/C13H20N2O4S/c1-3-4-8-15(2)20(18,19)14-12-7-5-6-11(9-12)10-13(16)17/h5-7,9,14H,3-4,8,10H2,1-2H3,(H,16,17). The van der Waals surface area contributed by atoms with Crippen LogP contribution in [0.5, 0.6) is 0 Å². The van der Waals surface area contributed by atoms with Gasteiger partial charge in [-0.15, -0.1) is 0 Å². The molecule has 0 radical (unpaired) electrons. The molecule has 0 saturated carbocycles. The van der Waals surface area contributed by atoms with E-state index in [0.29, 0.717) is 17.8 Å². The predicted octanol–water partition coefficient (Wildman–Crippen LogP) is 1.70. The first-order chi connectivity index (χ1) is 9.35. The molecule has 0 fully saturated rings. The third-order valence-electron chi connectivity index (χ3n) is 2.77. The Hall–Kier alpha value is -1.60. The third kappa shape index (κ3) is 5.18. The molecule has 0 amide bonds. The monoisotopic (exact) mass is 300 g/mol. The Kier molecular flexibility index (Phi) is 5.97. The van der Waals surface area contributed by atoms with E-state index in [-0.39, 0.29) is 6.42 Å². The van der Waals surface area contributed by atoms with Crippen LogP contribution >= 0.6 is 0 Å². The Morgan fingerprint density at radius 2 is 2.10 bits per heavy atom. The Morgan fingerprint density at radius 3 is 2.70 bits per heavy atom. The van der Waals surface area contributed by atoms with Gasteiger partial charge in [-0.1, -0.05) is 25.5 Å². The highest BCUT2D eigenvalue weighted by Gasteiger charge is 2.17. The third-order valence-corrected chi connectivity index (χ3v) is 4.26. The number of rotatable bonds is 8. The van der Waals surface area contributed by atoms with Crippen LogP contribution in [0, 0.1) is 0 Å². The maximum Gasteiger partial charge on any atom is 0.307 e. The van der Waals surface area contributed by atoms with Gasteiger partial charge in [0, 0.05) is 13.6 Å². The molecule has 1 rings (SSSR count). The van der Waals surface area contributed by atoms with Gasteiger partial charge in [0.25, 0.3) is 0 Å². The molecule has 1 aromatic carbocycles. The Morgan fingerprint density at radius 1 is 1.40 bits per heavy atom. The Balaban J connectivity index is 2.79. The fraction of sp³-hybridized carbons (Fsp3) is 0.462.